The molecule has 0 saturated carbocycles. The van der Waals surface area contributed by atoms with E-state index >= 15 is 0 Å². The number of rotatable bonds is 5. The van der Waals surface area contributed by atoms with Gasteiger partial charge in [-0.05, 0) is 19.8 Å². The molecule has 1 fully saturated rings. The first kappa shape index (κ1) is 13.2. The van der Waals surface area contributed by atoms with Crippen molar-refractivity contribution in [3.63, 3.8) is 0 Å². The van der Waals surface area contributed by atoms with Gasteiger partial charge in [0.25, 0.3) is 0 Å². The fourth-order valence-corrected chi connectivity index (χ4v) is 2.47. The van der Waals surface area contributed by atoms with Crippen LogP contribution in [-0.2, 0) is 24.9 Å². The van der Waals surface area contributed by atoms with Gasteiger partial charge in [-0.3, -0.25) is 9.36 Å². The van der Waals surface area contributed by atoms with Crippen LogP contribution in [0.5, 0.6) is 0 Å². The van der Waals surface area contributed by atoms with Gasteiger partial charge < -0.3 is 10.1 Å². The van der Waals surface area contributed by atoms with Crippen LogP contribution in [0, 0.1) is 6.92 Å². The van der Waals surface area contributed by atoms with Crippen LogP contribution in [-0.4, -0.2) is 32.3 Å². The summed E-state index contributed by atoms with van der Waals surface area (Å²) in [5, 5.41) is 12.0. The molecular formula is C14H21N5O. The van der Waals surface area contributed by atoms with Crippen molar-refractivity contribution in [2.45, 2.75) is 39.0 Å². The van der Waals surface area contributed by atoms with E-state index in [-0.39, 0.29) is 0 Å². The van der Waals surface area contributed by atoms with E-state index in [0.717, 1.165) is 38.2 Å². The first-order chi connectivity index (χ1) is 9.72. The molecule has 108 valence electrons. The van der Waals surface area contributed by atoms with Gasteiger partial charge in [0.1, 0.15) is 0 Å². The smallest absolute Gasteiger partial charge is 0.0771 e. The van der Waals surface area contributed by atoms with E-state index in [1.165, 1.54) is 11.3 Å². The molecule has 3 heterocycles. The van der Waals surface area contributed by atoms with Gasteiger partial charge >= 0.3 is 0 Å². The molecule has 20 heavy (non-hydrogen) atoms. The Hall–Kier alpha value is -1.82. The minimum absolute atomic E-state index is 0.323. The molecule has 2 aromatic heterocycles. The molecule has 0 bridgehead atoms. The van der Waals surface area contributed by atoms with Gasteiger partial charge in [-0.25, -0.2) is 0 Å². The summed E-state index contributed by atoms with van der Waals surface area (Å²) >= 11 is 0. The average Bonchev–Trinajstić information content (AvgIpc) is 3.15. The molecule has 1 atom stereocenters. The van der Waals surface area contributed by atoms with E-state index in [0.29, 0.717) is 6.10 Å². The van der Waals surface area contributed by atoms with Crippen LogP contribution in [0.15, 0.2) is 18.6 Å². The number of nitrogens with zero attached hydrogens (tertiary/aromatic N) is 4. The van der Waals surface area contributed by atoms with E-state index < -0.39 is 0 Å². The number of aryl methyl sites for hydroxylation is 1. The van der Waals surface area contributed by atoms with Crippen LogP contribution in [0.3, 0.4) is 0 Å². The van der Waals surface area contributed by atoms with Crippen molar-refractivity contribution in [2.24, 2.45) is 7.05 Å². The Kier molecular flexibility index (Phi) is 3.73. The van der Waals surface area contributed by atoms with E-state index in [4.69, 9.17) is 4.74 Å². The zero-order valence-electron chi connectivity index (χ0n) is 12.0. The molecule has 1 unspecified atom stereocenters. The molecule has 3 rings (SSSR count). The largest absolute Gasteiger partial charge is 0.378 e. The number of aromatic nitrogens is 4. The highest BCUT2D eigenvalue weighted by Crippen LogP contribution is 2.15. The van der Waals surface area contributed by atoms with Crippen LogP contribution in [0.2, 0.25) is 0 Å². The van der Waals surface area contributed by atoms with Crippen LogP contribution < -0.4 is 5.32 Å². The lowest BCUT2D eigenvalue weighted by atomic mass is 10.2. The Morgan fingerprint density at radius 1 is 1.40 bits per heavy atom. The van der Waals surface area contributed by atoms with Crippen LogP contribution >= 0.6 is 0 Å². The van der Waals surface area contributed by atoms with E-state index in [2.05, 4.69) is 22.4 Å². The van der Waals surface area contributed by atoms with Crippen molar-refractivity contribution >= 4 is 5.69 Å². The quantitative estimate of drug-likeness (QED) is 0.902. The van der Waals surface area contributed by atoms with Crippen molar-refractivity contribution < 1.29 is 4.74 Å². The number of hydrogen-bond donors (Lipinski definition) is 1. The van der Waals surface area contributed by atoms with Crippen LogP contribution in [0.1, 0.15) is 24.1 Å². The maximum atomic E-state index is 5.62. The van der Waals surface area contributed by atoms with Gasteiger partial charge in [-0.1, -0.05) is 0 Å². The van der Waals surface area contributed by atoms with Crippen molar-refractivity contribution in [3.8, 4) is 0 Å². The van der Waals surface area contributed by atoms with Gasteiger partial charge in [0.2, 0.25) is 0 Å². The zero-order chi connectivity index (χ0) is 13.9. The highest BCUT2D eigenvalue weighted by Gasteiger charge is 2.16. The lowest BCUT2D eigenvalue weighted by molar-refractivity contribution is 0.0940. The minimum atomic E-state index is 0.323. The molecule has 1 aliphatic heterocycles. The molecule has 0 amide bonds. The SMILES string of the molecule is Cc1c(CNc2cnn(CC3CCCO3)c2)cnn1C. The predicted octanol–water partition coefficient (Wildman–Crippen LogP) is 1.72. The number of nitrogens with one attached hydrogen (secondary N) is 1. The molecular weight excluding hydrogens is 254 g/mol. The molecule has 1 aliphatic rings. The van der Waals surface area contributed by atoms with Crippen LogP contribution in [0.25, 0.3) is 0 Å². The lowest BCUT2D eigenvalue weighted by Gasteiger charge is -2.08. The van der Waals surface area contributed by atoms with E-state index in [1.54, 1.807) is 0 Å². The number of anilines is 1. The summed E-state index contributed by atoms with van der Waals surface area (Å²) in [6.45, 7) is 4.57. The Morgan fingerprint density at radius 2 is 2.30 bits per heavy atom. The molecule has 1 saturated heterocycles. The average molecular weight is 275 g/mol. The van der Waals surface area contributed by atoms with Crippen molar-refractivity contribution in [1.82, 2.24) is 19.6 Å². The first-order valence-electron chi connectivity index (χ1n) is 7.08. The first-order valence-corrected chi connectivity index (χ1v) is 7.08. The molecule has 0 aromatic carbocycles. The van der Waals surface area contributed by atoms with Gasteiger partial charge in [0, 0.05) is 37.7 Å². The number of ether oxygens (including phenoxy) is 1. The highest BCUT2D eigenvalue weighted by molar-refractivity contribution is 5.39. The molecule has 2 aromatic rings. The van der Waals surface area contributed by atoms with Crippen molar-refractivity contribution in [1.29, 1.82) is 0 Å². The van der Waals surface area contributed by atoms with Crippen molar-refractivity contribution in [2.75, 3.05) is 11.9 Å². The molecule has 6 heteroatoms. The summed E-state index contributed by atoms with van der Waals surface area (Å²) in [5.41, 5.74) is 3.43. The van der Waals surface area contributed by atoms with E-state index in [9.17, 15) is 0 Å². The Labute approximate surface area is 118 Å². The fourth-order valence-electron chi connectivity index (χ4n) is 2.47. The topological polar surface area (TPSA) is 56.9 Å². The number of hydrogen-bond acceptors (Lipinski definition) is 4. The maximum absolute atomic E-state index is 5.62. The minimum Gasteiger partial charge on any atom is -0.378 e. The third-order valence-corrected chi connectivity index (χ3v) is 3.87. The molecule has 0 spiro atoms. The summed E-state index contributed by atoms with van der Waals surface area (Å²) in [5.74, 6) is 0. The zero-order valence-corrected chi connectivity index (χ0v) is 12.0. The fraction of sp³-hybridized carbons (Fsp3) is 0.571. The third-order valence-electron chi connectivity index (χ3n) is 3.87. The van der Waals surface area contributed by atoms with Gasteiger partial charge in [0.05, 0.1) is 30.7 Å². The highest BCUT2D eigenvalue weighted by atomic mass is 16.5. The third kappa shape index (κ3) is 2.85. The second kappa shape index (κ2) is 5.66. The summed E-state index contributed by atoms with van der Waals surface area (Å²) < 4.78 is 9.46. The van der Waals surface area contributed by atoms with Gasteiger partial charge in [-0.15, -0.1) is 0 Å². The lowest BCUT2D eigenvalue weighted by Crippen LogP contribution is -2.15. The summed E-state index contributed by atoms with van der Waals surface area (Å²) in [6.07, 6.45) is 8.42. The van der Waals surface area contributed by atoms with Gasteiger partial charge in [-0.2, -0.15) is 10.2 Å². The standard InChI is InChI=1S/C14H21N5O/c1-11-12(7-16-18(11)2)6-15-13-8-17-19(9-13)10-14-4-3-5-20-14/h7-9,14-15H,3-6,10H2,1-2H3. The van der Waals surface area contributed by atoms with Crippen molar-refractivity contribution in [3.05, 3.63) is 29.8 Å². The second-order valence-corrected chi connectivity index (χ2v) is 5.32. The Bertz CT molecular complexity index is 568. The van der Waals surface area contributed by atoms with E-state index in [1.807, 2.05) is 35.0 Å². The Morgan fingerprint density at radius 3 is 3.00 bits per heavy atom. The van der Waals surface area contributed by atoms with Crippen LogP contribution in [0.4, 0.5) is 5.69 Å². The molecule has 1 N–H and O–H groups in total. The Balaban J connectivity index is 1.55. The summed E-state index contributed by atoms with van der Waals surface area (Å²) in [4.78, 5) is 0. The summed E-state index contributed by atoms with van der Waals surface area (Å²) in [7, 11) is 1.96. The second-order valence-electron chi connectivity index (χ2n) is 5.32. The summed E-state index contributed by atoms with van der Waals surface area (Å²) in [6, 6.07) is 0. The van der Waals surface area contributed by atoms with Gasteiger partial charge in [0.15, 0.2) is 0 Å². The molecule has 6 nitrogen and oxygen atoms in total. The maximum Gasteiger partial charge on any atom is 0.0771 e. The molecule has 0 aliphatic carbocycles. The molecule has 0 radical (unpaired) electrons. The monoisotopic (exact) mass is 275 g/mol. The predicted molar refractivity (Wildman–Crippen MR) is 76.5 cm³/mol. The normalized spacial score (nSPS) is 18.6.